The highest BCUT2D eigenvalue weighted by atomic mass is 19.4. The highest BCUT2D eigenvalue weighted by molar-refractivity contribution is 5.78. The number of hydrogen-bond acceptors (Lipinski definition) is 16. The molecular formula is C110H163F3N2O16. The summed E-state index contributed by atoms with van der Waals surface area (Å²) >= 11 is 0. The van der Waals surface area contributed by atoms with E-state index in [2.05, 4.69) is 31.4 Å². The lowest BCUT2D eigenvalue weighted by Crippen LogP contribution is -2.74. The van der Waals surface area contributed by atoms with Crippen LogP contribution in [-0.2, 0) is 112 Å². The van der Waals surface area contributed by atoms with Crippen molar-refractivity contribution in [2.45, 2.75) is 435 Å². The van der Waals surface area contributed by atoms with E-state index in [0.29, 0.717) is 36.8 Å². The summed E-state index contributed by atoms with van der Waals surface area (Å²) in [6.07, 6.45) is 31.1. The van der Waals surface area contributed by atoms with Crippen molar-refractivity contribution in [3.05, 3.63) is 215 Å². The number of rotatable bonds is 75. The van der Waals surface area contributed by atoms with Crippen LogP contribution in [-0.4, -0.2) is 121 Å². The van der Waals surface area contributed by atoms with Crippen molar-refractivity contribution in [2.24, 2.45) is 0 Å². The first kappa shape index (κ1) is 109. The zero-order valence-corrected chi connectivity index (χ0v) is 79.7. The van der Waals surface area contributed by atoms with Crippen molar-refractivity contribution in [2.75, 3.05) is 20.0 Å². The summed E-state index contributed by atoms with van der Waals surface area (Å²) in [7, 11) is 0. The van der Waals surface area contributed by atoms with Gasteiger partial charge in [-0.15, -0.1) is 0 Å². The van der Waals surface area contributed by atoms with Gasteiger partial charge in [-0.25, -0.2) is 0 Å². The Morgan fingerprint density at radius 1 is 0.382 bits per heavy atom. The minimum absolute atomic E-state index is 0.0473. The first-order valence-corrected chi connectivity index (χ1v) is 50.8. The van der Waals surface area contributed by atoms with Crippen LogP contribution < -0.4 is 10.6 Å². The van der Waals surface area contributed by atoms with Crippen LogP contribution in [0.15, 0.2) is 176 Å². The highest BCUT2D eigenvalue weighted by Gasteiger charge is 2.59. The molecule has 2 saturated heterocycles. The maximum absolute atomic E-state index is 15.7. The number of amides is 2. The van der Waals surface area contributed by atoms with Gasteiger partial charge in [-0.05, 0) is 71.2 Å². The zero-order chi connectivity index (χ0) is 92.7. The Bertz CT molecular complexity index is 3820. The lowest BCUT2D eigenvalue weighted by atomic mass is 9.92. The van der Waals surface area contributed by atoms with Crippen LogP contribution in [0.2, 0.25) is 0 Å². The van der Waals surface area contributed by atoms with Crippen LogP contribution in [0.4, 0.5) is 13.2 Å². The molecule has 0 saturated carbocycles. The second-order valence-corrected chi connectivity index (χ2v) is 36.6. The number of alkyl halides is 3. The van der Waals surface area contributed by atoms with Crippen molar-refractivity contribution < 1.29 is 89.9 Å². The van der Waals surface area contributed by atoms with E-state index in [4.69, 9.17) is 52.1 Å². The third-order valence-electron chi connectivity index (χ3n) is 25.3. The number of halogens is 3. The standard InChI is InChI=1S/C110H163F3N2O16/c1-4-7-10-13-16-19-22-25-26-29-32-35-38-41-59-72-101(118)129-96(71-58-40-37-34-31-28-24-21-18-15-12-9-6-3)78-99(116)114-102-105(126-83-91-66-53-45-54-67-91)103(124-81-89-62-49-43-50-63-89)97(85-122-87-121-79-88-60-47-42-48-61-88)130-107(102)128-86-98-104(125-82-90-64-51-44-52-65-90)106(127-84-92-68-55-46-56-69-92)109(120,108(119)131-98)115-100(117)77-95(123-80-93-73-75-94(76-74-93)110(111,112)113)70-57-39-36-33-30-27-23-20-17-14-11-8-5-2/h42-56,60-69,73-76,95-98,102-108,119-120H,4-41,57-59,70-72,77-87H2,1-3H3,(H,114,116)(H,115,117)/t95-,96-,97-,98-,102-,103-,104-,105-,106+,107-,108?,109-/m1/s1. The molecule has 730 valence electrons. The predicted molar refractivity (Wildman–Crippen MR) is 512 cm³/mol. The lowest BCUT2D eigenvalue weighted by Gasteiger charge is -2.50. The molecule has 0 aliphatic carbocycles. The van der Waals surface area contributed by atoms with Crippen molar-refractivity contribution in [1.29, 1.82) is 0 Å². The van der Waals surface area contributed by atoms with Gasteiger partial charge in [-0.2, -0.15) is 13.2 Å². The number of unbranched alkanes of at least 4 members (excludes halogenated alkanes) is 38. The van der Waals surface area contributed by atoms with E-state index in [0.717, 1.165) is 111 Å². The minimum Gasteiger partial charge on any atom is -0.462 e. The fourth-order valence-electron chi connectivity index (χ4n) is 17.6. The lowest BCUT2D eigenvalue weighted by molar-refractivity contribution is -0.360. The van der Waals surface area contributed by atoms with Crippen molar-refractivity contribution in [3.8, 4) is 0 Å². The normalized spacial score (nSPS) is 19.8. The van der Waals surface area contributed by atoms with Crippen LogP contribution in [0.5, 0.6) is 0 Å². The molecule has 2 aliphatic rings. The summed E-state index contributed by atoms with van der Waals surface area (Å²) in [4.78, 5) is 45.0. The first-order valence-electron chi connectivity index (χ1n) is 50.8. The number of ether oxygens (including phenoxy) is 11. The summed E-state index contributed by atoms with van der Waals surface area (Å²) in [6.45, 7) is 6.06. The van der Waals surface area contributed by atoms with Gasteiger partial charge in [-0.1, -0.05) is 435 Å². The molecule has 6 aromatic carbocycles. The molecule has 131 heavy (non-hydrogen) atoms. The topological polar surface area (TPSA) is 217 Å². The maximum Gasteiger partial charge on any atom is 0.416 e. The van der Waals surface area contributed by atoms with E-state index >= 15 is 9.59 Å². The fraction of sp³-hybridized carbons (Fsp3) is 0.645. The van der Waals surface area contributed by atoms with Crippen LogP contribution >= 0.6 is 0 Å². The molecule has 1 unspecified atom stereocenters. The third kappa shape index (κ3) is 45.5. The Balaban J connectivity index is 1.08. The van der Waals surface area contributed by atoms with Crippen LogP contribution in [0, 0.1) is 0 Å². The Kier molecular flexibility index (Phi) is 56.2. The molecule has 2 aliphatic heterocycles. The van der Waals surface area contributed by atoms with E-state index in [-0.39, 0.29) is 78.3 Å². The zero-order valence-electron chi connectivity index (χ0n) is 79.7. The van der Waals surface area contributed by atoms with Gasteiger partial charge in [0.05, 0.1) is 77.4 Å². The number of aliphatic hydroxyl groups excluding tert-OH is 1. The van der Waals surface area contributed by atoms with Crippen molar-refractivity contribution >= 4 is 17.8 Å². The summed E-state index contributed by atoms with van der Waals surface area (Å²) in [6, 6.07) is 51.2. The molecule has 18 nitrogen and oxygen atoms in total. The van der Waals surface area contributed by atoms with Gasteiger partial charge in [0, 0.05) is 6.42 Å². The van der Waals surface area contributed by atoms with Gasteiger partial charge >= 0.3 is 12.1 Å². The smallest absolute Gasteiger partial charge is 0.416 e. The van der Waals surface area contributed by atoms with E-state index < -0.39 is 103 Å². The Morgan fingerprint density at radius 3 is 1.17 bits per heavy atom. The Morgan fingerprint density at radius 2 is 0.740 bits per heavy atom. The number of hydrogen-bond donors (Lipinski definition) is 4. The molecule has 0 bridgehead atoms. The molecule has 6 aromatic rings. The van der Waals surface area contributed by atoms with Gasteiger partial charge < -0.3 is 73.0 Å². The molecule has 0 spiro atoms. The fourth-order valence-corrected chi connectivity index (χ4v) is 17.6. The molecule has 8 rings (SSSR count). The summed E-state index contributed by atoms with van der Waals surface area (Å²) in [5, 5.41) is 32.3. The second kappa shape index (κ2) is 67.3. The highest BCUT2D eigenvalue weighted by Crippen LogP contribution is 2.37. The van der Waals surface area contributed by atoms with Gasteiger partial charge in [0.15, 0.2) is 6.29 Å². The third-order valence-corrected chi connectivity index (χ3v) is 25.3. The number of aliphatic hydroxyl groups is 2. The average molecular weight is 1830 g/mol. The molecule has 2 fully saturated rings. The molecule has 2 heterocycles. The average Bonchev–Trinajstić information content (AvgIpc) is 0.755. The quantitative estimate of drug-likeness (QED) is 0.0159. The molecule has 0 aromatic heterocycles. The summed E-state index contributed by atoms with van der Waals surface area (Å²) < 4.78 is 116. The molecule has 0 radical (unpaired) electrons. The minimum atomic E-state index is -4.54. The Labute approximate surface area is 784 Å². The van der Waals surface area contributed by atoms with Gasteiger partial charge in [0.1, 0.15) is 55.6 Å². The number of carbonyl (C=O) groups excluding carboxylic acids is 3. The summed E-state index contributed by atoms with van der Waals surface area (Å²) in [5.74, 6) is -1.55. The maximum atomic E-state index is 15.7. The van der Waals surface area contributed by atoms with Crippen LogP contribution in [0.1, 0.15) is 355 Å². The van der Waals surface area contributed by atoms with Gasteiger partial charge in [0.2, 0.25) is 23.8 Å². The number of benzene rings is 6. The van der Waals surface area contributed by atoms with Gasteiger partial charge in [-0.3, -0.25) is 14.4 Å². The Hall–Kier alpha value is -6.96. The molecule has 4 N–H and O–H groups in total. The molecule has 12 atom stereocenters. The second-order valence-electron chi connectivity index (χ2n) is 36.6. The largest absolute Gasteiger partial charge is 0.462 e. The van der Waals surface area contributed by atoms with E-state index in [1.54, 1.807) is 0 Å². The van der Waals surface area contributed by atoms with Crippen LogP contribution in [0.3, 0.4) is 0 Å². The molecular weight excluding hydrogens is 1660 g/mol. The van der Waals surface area contributed by atoms with Gasteiger partial charge in [0.25, 0.3) is 0 Å². The molecule has 2 amide bonds. The van der Waals surface area contributed by atoms with E-state index in [9.17, 15) is 28.2 Å². The SMILES string of the molecule is CCCCCCCCCCCCCCCCCC(=O)O[C@H](CCCCCCCCCCCCCCC)CC(=O)N[C@H]1[C@H](OC[C@H]2OC(O)[C@@](O)(NC(=O)C[C@@H](CCCCCCCCCCCCCCC)OCc3ccc(C(F)(F)F)cc3)[C@@H](OCc3ccccc3)[C@@H]2OCc2ccccc2)O[C@H](COCOCc2ccccc2)[C@@H](OCc2ccccc2)[C@@H]1OCc1ccccc1. The van der Waals surface area contributed by atoms with E-state index in [1.165, 1.54) is 185 Å². The predicted octanol–water partition coefficient (Wildman–Crippen LogP) is 25.8. The molecule has 21 heteroatoms. The number of esters is 1. The van der Waals surface area contributed by atoms with E-state index in [1.807, 2.05) is 152 Å². The number of carbonyl (C=O) groups is 3. The van der Waals surface area contributed by atoms with Crippen molar-refractivity contribution in [1.82, 2.24) is 10.6 Å². The van der Waals surface area contributed by atoms with Crippen molar-refractivity contribution in [3.63, 3.8) is 0 Å². The number of nitrogens with one attached hydrogen (secondary N) is 2. The summed E-state index contributed by atoms with van der Waals surface area (Å²) in [5.41, 5.74) is 0.954. The van der Waals surface area contributed by atoms with Crippen LogP contribution in [0.25, 0.3) is 0 Å². The first-order chi connectivity index (χ1) is 64.1. The monoisotopic (exact) mass is 1830 g/mol.